The number of nitrogens with zero attached hydrogens (tertiary/aromatic N) is 1. The number of fused-ring (bicyclic) bond motifs is 2. The molecule has 2 aliphatic rings. The molecule has 2 aromatic carbocycles. The van der Waals surface area contributed by atoms with Crippen molar-refractivity contribution in [3.63, 3.8) is 0 Å². The summed E-state index contributed by atoms with van der Waals surface area (Å²) in [4.78, 5) is 26.6. The molecule has 122 valence electrons. The Kier molecular flexibility index (Phi) is 3.26. The molecule has 2 aliphatic heterocycles. The lowest BCUT2D eigenvalue weighted by Gasteiger charge is -2.33. The van der Waals surface area contributed by atoms with Gasteiger partial charge in [-0.2, -0.15) is 0 Å². The van der Waals surface area contributed by atoms with Gasteiger partial charge in [-0.1, -0.05) is 30.3 Å². The summed E-state index contributed by atoms with van der Waals surface area (Å²) in [6.45, 7) is 0.461. The Morgan fingerprint density at radius 3 is 2.67 bits per heavy atom. The zero-order valence-electron chi connectivity index (χ0n) is 12.8. The number of para-hydroxylation sites is 1. The molecule has 0 radical (unpaired) electrons. The van der Waals surface area contributed by atoms with Gasteiger partial charge in [0, 0.05) is 12.0 Å². The van der Waals surface area contributed by atoms with Crippen LogP contribution in [0.1, 0.15) is 17.5 Å². The minimum Gasteiger partial charge on any atom is -0.493 e. The molecular formula is C18H15FN2O3. The molecule has 1 saturated heterocycles. The van der Waals surface area contributed by atoms with Crippen LogP contribution in [0.3, 0.4) is 0 Å². The van der Waals surface area contributed by atoms with E-state index in [1.54, 1.807) is 24.3 Å². The minimum absolute atomic E-state index is 0.107. The number of hydrogen-bond donors (Lipinski definition) is 1. The standard InChI is InChI=1S/C18H15FN2O3/c19-13-7-5-12(6-8-13)11-21-16(22)18(20-17(21)23)9-10-24-15-4-2-1-3-14(15)18/h1-8H,9-11H2,(H,20,23). The number of urea groups is 1. The first-order valence-electron chi connectivity index (χ1n) is 7.71. The van der Waals surface area contributed by atoms with Crippen LogP contribution in [0.5, 0.6) is 5.75 Å². The average Bonchev–Trinajstić information content (AvgIpc) is 2.82. The number of benzene rings is 2. The zero-order valence-corrected chi connectivity index (χ0v) is 12.8. The number of hydrogen-bond acceptors (Lipinski definition) is 3. The van der Waals surface area contributed by atoms with E-state index in [2.05, 4.69) is 5.32 Å². The Labute approximate surface area is 138 Å². The summed E-state index contributed by atoms with van der Waals surface area (Å²) in [6.07, 6.45) is 0.383. The van der Waals surface area contributed by atoms with E-state index in [4.69, 9.17) is 4.74 Å². The molecule has 1 spiro atoms. The highest BCUT2D eigenvalue weighted by Gasteiger charge is 2.54. The van der Waals surface area contributed by atoms with E-state index in [9.17, 15) is 14.0 Å². The first kappa shape index (κ1) is 14.7. The van der Waals surface area contributed by atoms with Gasteiger partial charge in [-0.25, -0.2) is 9.18 Å². The molecule has 24 heavy (non-hydrogen) atoms. The highest BCUT2D eigenvalue weighted by molar-refractivity contribution is 6.07. The van der Waals surface area contributed by atoms with Crippen LogP contribution in [-0.2, 0) is 16.9 Å². The third-order valence-electron chi connectivity index (χ3n) is 4.51. The van der Waals surface area contributed by atoms with E-state index in [0.717, 1.165) is 0 Å². The van der Waals surface area contributed by atoms with Crippen molar-refractivity contribution in [1.82, 2.24) is 10.2 Å². The maximum Gasteiger partial charge on any atom is 0.325 e. The number of halogens is 1. The lowest BCUT2D eigenvalue weighted by atomic mass is 9.84. The average molecular weight is 326 g/mol. The molecule has 2 heterocycles. The number of imide groups is 1. The number of ether oxygens (including phenoxy) is 1. The molecule has 1 fully saturated rings. The fraction of sp³-hybridized carbons (Fsp3) is 0.222. The maximum absolute atomic E-state index is 13.0. The van der Waals surface area contributed by atoms with Gasteiger partial charge in [0.1, 0.15) is 11.6 Å². The number of rotatable bonds is 2. The van der Waals surface area contributed by atoms with Crippen LogP contribution >= 0.6 is 0 Å². The normalized spacial score (nSPS) is 22.3. The lowest BCUT2D eigenvalue weighted by Crippen LogP contribution is -2.47. The molecule has 6 heteroatoms. The third kappa shape index (κ3) is 2.14. The monoisotopic (exact) mass is 326 g/mol. The fourth-order valence-corrected chi connectivity index (χ4v) is 3.29. The fourth-order valence-electron chi connectivity index (χ4n) is 3.29. The van der Waals surface area contributed by atoms with Gasteiger partial charge >= 0.3 is 6.03 Å². The summed E-state index contributed by atoms with van der Waals surface area (Å²) in [5.74, 6) is -0.0422. The lowest BCUT2D eigenvalue weighted by molar-refractivity contribution is -0.133. The van der Waals surface area contributed by atoms with Crippen LogP contribution in [-0.4, -0.2) is 23.4 Å². The van der Waals surface area contributed by atoms with E-state index in [1.165, 1.54) is 17.0 Å². The van der Waals surface area contributed by atoms with Crippen LogP contribution < -0.4 is 10.1 Å². The molecule has 2 aromatic rings. The topological polar surface area (TPSA) is 58.6 Å². The van der Waals surface area contributed by atoms with Gasteiger partial charge < -0.3 is 10.1 Å². The van der Waals surface area contributed by atoms with Crippen molar-refractivity contribution >= 4 is 11.9 Å². The van der Waals surface area contributed by atoms with Crippen LogP contribution in [0, 0.1) is 5.82 Å². The van der Waals surface area contributed by atoms with Gasteiger partial charge in [0.2, 0.25) is 0 Å². The van der Waals surface area contributed by atoms with Crippen LogP contribution in [0.2, 0.25) is 0 Å². The van der Waals surface area contributed by atoms with Gasteiger partial charge in [-0.15, -0.1) is 0 Å². The molecular weight excluding hydrogens is 311 g/mol. The van der Waals surface area contributed by atoms with Crippen molar-refractivity contribution in [2.75, 3.05) is 6.61 Å². The molecule has 4 rings (SSSR count). The van der Waals surface area contributed by atoms with Gasteiger partial charge in [-0.05, 0) is 23.8 Å². The molecule has 5 nitrogen and oxygen atoms in total. The van der Waals surface area contributed by atoms with E-state index >= 15 is 0 Å². The highest BCUT2D eigenvalue weighted by Crippen LogP contribution is 2.41. The van der Waals surface area contributed by atoms with Crippen molar-refractivity contribution in [2.24, 2.45) is 0 Å². The van der Waals surface area contributed by atoms with E-state index in [-0.39, 0.29) is 18.3 Å². The quantitative estimate of drug-likeness (QED) is 0.863. The minimum atomic E-state index is -1.08. The number of nitrogens with one attached hydrogen (secondary N) is 1. The summed E-state index contributed by atoms with van der Waals surface area (Å²) < 4.78 is 18.6. The second-order valence-corrected chi connectivity index (χ2v) is 5.95. The highest BCUT2D eigenvalue weighted by atomic mass is 19.1. The second-order valence-electron chi connectivity index (χ2n) is 5.95. The predicted molar refractivity (Wildman–Crippen MR) is 83.7 cm³/mol. The molecule has 1 N–H and O–H groups in total. The van der Waals surface area contributed by atoms with Gasteiger partial charge in [0.15, 0.2) is 5.54 Å². The van der Waals surface area contributed by atoms with Gasteiger partial charge in [0.25, 0.3) is 5.91 Å². The molecule has 0 aliphatic carbocycles. The van der Waals surface area contributed by atoms with E-state index < -0.39 is 11.6 Å². The number of carbonyl (C=O) groups is 2. The van der Waals surface area contributed by atoms with Gasteiger partial charge in [-0.3, -0.25) is 9.69 Å². The van der Waals surface area contributed by atoms with Crippen LogP contribution in [0.15, 0.2) is 48.5 Å². The molecule has 0 bridgehead atoms. The zero-order chi connectivity index (χ0) is 16.7. The largest absolute Gasteiger partial charge is 0.493 e. The van der Waals surface area contributed by atoms with Crippen molar-refractivity contribution in [1.29, 1.82) is 0 Å². The molecule has 0 aromatic heterocycles. The van der Waals surface area contributed by atoms with E-state index in [0.29, 0.717) is 29.9 Å². The summed E-state index contributed by atoms with van der Waals surface area (Å²) in [6, 6.07) is 12.6. The Bertz CT molecular complexity index is 821. The third-order valence-corrected chi connectivity index (χ3v) is 4.51. The van der Waals surface area contributed by atoms with E-state index in [1.807, 2.05) is 12.1 Å². The Balaban J connectivity index is 1.68. The molecule has 0 saturated carbocycles. The smallest absolute Gasteiger partial charge is 0.325 e. The molecule has 1 unspecified atom stereocenters. The van der Waals surface area contributed by atoms with Crippen LogP contribution in [0.25, 0.3) is 0 Å². The maximum atomic E-state index is 13.0. The summed E-state index contributed by atoms with van der Waals surface area (Å²) in [5, 5.41) is 2.84. The van der Waals surface area contributed by atoms with Crippen molar-refractivity contribution in [3.8, 4) is 5.75 Å². The Hall–Kier alpha value is -2.89. The first-order chi connectivity index (χ1) is 11.6. The molecule has 1 atom stereocenters. The Morgan fingerprint density at radius 2 is 1.88 bits per heavy atom. The second kappa shape index (κ2) is 5.33. The number of carbonyl (C=O) groups excluding carboxylic acids is 2. The Morgan fingerprint density at radius 1 is 1.12 bits per heavy atom. The van der Waals surface area contributed by atoms with Crippen molar-refractivity contribution in [3.05, 3.63) is 65.5 Å². The summed E-state index contributed by atoms with van der Waals surface area (Å²) in [7, 11) is 0. The number of amides is 3. The molecule has 3 amide bonds. The van der Waals surface area contributed by atoms with Crippen LogP contribution in [0.4, 0.5) is 9.18 Å². The first-order valence-corrected chi connectivity index (χ1v) is 7.71. The summed E-state index contributed by atoms with van der Waals surface area (Å²) in [5.41, 5.74) is 0.292. The van der Waals surface area contributed by atoms with Crippen molar-refractivity contribution < 1.29 is 18.7 Å². The predicted octanol–water partition coefficient (Wildman–Crippen LogP) is 2.56. The summed E-state index contributed by atoms with van der Waals surface area (Å²) >= 11 is 0. The SMILES string of the molecule is O=C1NC2(CCOc3ccccc32)C(=O)N1Cc1ccc(F)cc1. The van der Waals surface area contributed by atoms with Gasteiger partial charge in [0.05, 0.1) is 13.2 Å². The van der Waals surface area contributed by atoms with Crippen molar-refractivity contribution in [2.45, 2.75) is 18.5 Å².